The van der Waals surface area contributed by atoms with Gasteiger partial charge in [0, 0.05) is 18.2 Å². The van der Waals surface area contributed by atoms with Crippen molar-refractivity contribution in [3.8, 4) is 0 Å². The maximum Gasteiger partial charge on any atom is 0.343 e. The van der Waals surface area contributed by atoms with Crippen molar-refractivity contribution in [3.63, 3.8) is 0 Å². The zero-order valence-electron chi connectivity index (χ0n) is 11.3. The molecule has 0 radical (unpaired) electrons. The van der Waals surface area contributed by atoms with Gasteiger partial charge in [-0.1, -0.05) is 42.1 Å². The van der Waals surface area contributed by atoms with Crippen molar-refractivity contribution in [1.29, 1.82) is 0 Å². The molecular formula is C14H15Cl2N3OS. The Bertz CT molecular complexity index is 668. The van der Waals surface area contributed by atoms with E-state index in [1.807, 2.05) is 18.2 Å². The first-order valence-corrected chi connectivity index (χ1v) is 8.50. The number of hydrogen-bond donors (Lipinski definition) is 1. The summed E-state index contributed by atoms with van der Waals surface area (Å²) >= 11 is 13.6. The van der Waals surface area contributed by atoms with E-state index in [0.717, 1.165) is 18.6 Å². The van der Waals surface area contributed by atoms with Crippen LogP contribution in [0.4, 0.5) is 0 Å². The number of benzene rings is 1. The van der Waals surface area contributed by atoms with E-state index in [9.17, 15) is 4.79 Å². The van der Waals surface area contributed by atoms with E-state index < -0.39 is 4.33 Å². The maximum absolute atomic E-state index is 11.8. The van der Waals surface area contributed by atoms with Gasteiger partial charge in [-0.15, -0.1) is 28.3 Å². The molecule has 1 aromatic carbocycles. The number of halogens is 2. The predicted molar refractivity (Wildman–Crippen MR) is 86.3 cm³/mol. The monoisotopic (exact) mass is 343 g/mol. The molecular weight excluding hydrogens is 329 g/mol. The number of nitrogens with one attached hydrogen (secondary N) is 1. The Morgan fingerprint density at radius 2 is 2.10 bits per heavy atom. The summed E-state index contributed by atoms with van der Waals surface area (Å²) in [7, 11) is 0. The van der Waals surface area contributed by atoms with Gasteiger partial charge >= 0.3 is 5.69 Å². The van der Waals surface area contributed by atoms with Crippen molar-refractivity contribution < 1.29 is 0 Å². The molecule has 1 fully saturated rings. The molecule has 4 nitrogen and oxygen atoms in total. The fourth-order valence-corrected chi connectivity index (χ4v) is 4.02. The third kappa shape index (κ3) is 3.65. The van der Waals surface area contributed by atoms with Gasteiger partial charge in [-0.05, 0) is 18.4 Å². The van der Waals surface area contributed by atoms with Crippen LogP contribution in [0.2, 0.25) is 0 Å². The quantitative estimate of drug-likeness (QED) is 0.647. The second kappa shape index (κ2) is 6.07. The summed E-state index contributed by atoms with van der Waals surface area (Å²) in [5.74, 6) is 1.06. The van der Waals surface area contributed by atoms with Crippen LogP contribution in [0.3, 0.4) is 0 Å². The summed E-state index contributed by atoms with van der Waals surface area (Å²) in [6.07, 6.45) is 1.61. The fourth-order valence-electron chi connectivity index (χ4n) is 2.12. The Hall–Kier alpha value is -0.910. The average molecular weight is 344 g/mol. The van der Waals surface area contributed by atoms with Gasteiger partial charge in [0.1, 0.15) is 4.33 Å². The minimum absolute atomic E-state index is 0.174. The van der Waals surface area contributed by atoms with E-state index in [4.69, 9.17) is 23.2 Å². The van der Waals surface area contributed by atoms with Gasteiger partial charge in [-0.3, -0.25) is 4.57 Å². The lowest BCUT2D eigenvalue weighted by atomic mass is 10.1. The lowest BCUT2D eigenvalue weighted by Gasteiger charge is -2.05. The summed E-state index contributed by atoms with van der Waals surface area (Å²) in [5, 5.41) is 7.29. The summed E-state index contributed by atoms with van der Waals surface area (Å²) < 4.78 is 1.09. The highest BCUT2D eigenvalue weighted by Crippen LogP contribution is 2.54. The molecule has 3 rings (SSSR count). The standard InChI is InChI=1S/C14H15Cl2N3OS/c15-14(16)8-11(14)9-21-13-18-17-12(20)19(13)7-6-10-4-2-1-3-5-10/h1-5,11H,6-9H2,(H,17,20)/t11-/m0/s1. The van der Waals surface area contributed by atoms with Crippen LogP contribution < -0.4 is 5.69 Å². The number of aromatic amines is 1. The van der Waals surface area contributed by atoms with E-state index in [1.54, 1.807) is 4.57 Å². The van der Waals surface area contributed by atoms with Crippen molar-refractivity contribution in [2.45, 2.75) is 28.9 Å². The molecule has 112 valence electrons. The Morgan fingerprint density at radius 1 is 1.38 bits per heavy atom. The molecule has 0 amide bonds. The Morgan fingerprint density at radius 3 is 2.76 bits per heavy atom. The average Bonchev–Trinajstić information content (AvgIpc) is 2.93. The van der Waals surface area contributed by atoms with E-state index in [0.29, 0.717) is 11.7 Å². The van der Waals surface area contributed by atoms with Crippen LogP contribution in [0.1, 0.15) is 12.0 Å². The number of aryl methyl sites for hydroxylation is 1. The third-order valence-electron chi connectivity index (χ3n) is 3.56. The molecule has 7 heteroatoms. The summed E-state index contributed by atoms with van der Waals surface area (Å²) in [5.41, 5.74) is 1.02. The van der Waals surface area contributed by atoms with Gasteiger partial charge in [-0.2, -0.15) is 0 Å². The van der Waals surface area contributed by atoms with Crippen LogP contribution in [0.15, 0.2) is 40.3 Å². The molecule has 0 saturated heterocycles. The topological polar surface area (TPSA) is 50.7 Å². The number of hydrogen-bond acceptors (Lipinski definition) is 3. The van der Waals surface area contributed by atoms with Gasteiger partial charge in [0.05, 0.1) is 0 Å². The zero-order valence-corrected chi connectivity index (χ0v) is 13.6. The summed E-state index contributed by atoms with van der Waals surface area (Å²) in [4.78, 5) is 11.8. The minimum Gasteiger partial charge on any atom is -0.270 e. The Kier molecular flexibility index (Phi) is 4.33. The van der Waals surface area contributed by atoms with E-state index >= 15 is 0 Å². The van der Waals surface area contributed by atoms with Crippen LogP contribution in [0.25, 0.3) is 0 Å². The summed E-state index contributed by atoms with van der Waals surface area (Å²) in [6.45, 7) is 0.610. The fraction of sp³-hybridized carbons (Fsp3) is 0.429. The van der Waals surface area contributed by atoms with Gasteiger partial charge in [0.25, 0.3) is 0 Å². The second-order valence-electron chi connectivity index (χ2n) is 5.17. The molecule has 1 saturated carbocycles. The van der Waals surface area contributed by atoms with Crippen LogP contribution in [0.5, 0.6) is 0 Å². The number of H-pyrrole nitrogens is 1. The highest BCUT2D eigenvalue weighted by Gasteiger charge is 2.51. The molecule has 1 heterocycles. The normalized spacial score (nSPS) is 19.6. The minimum atomic E-state index is -0.585. The van der Waals surface area contributed by atoms with Crippen LogP contribution in [-0.4, -0.2) is 24.9 Å². The lowest BCUT2D eigenvalue weighted by Crippen LogP contribution is -2.19. The van der Waals surface area contributed by atoms with Crippen LogP contribution in [-0.2, 0) is 13.0 Å². The predicted octanol–water partition coefficient (Wildman–Crippen LogP) is 3.10. The smallest absolute Gasteiger partial charge is 0.270 e. The number of nitrogens with zero attached hydrogens (tertiary/aromatic N) is 2. The van der Waals surface area contributed by atoms with Crippen molar-refractivity contribution in [3.05, 3.63) is 46.4 Å². The van der Waals surface area contributed by atoms with Gasteiger partial charge in [0.15, 0.2) is 5.16 Å². The molecule has 0 unspecified atom stereocenters. The second-order valence-corrected chi connectivity index (χ2v) is 7.70. The third-order valence-corrected chi connectivity index (χ3v) is 5.62. The number of rotatable bonds is 6. The summed E-state index contributed by atoms with van der Waals surface area (Å²) in [6, 6.07) is 10.1. The zero-order chi connectivity index (χ0) is 14.9. The van der Waals surface area contributed by atoms with Gasteiger partial charge in [-0.25, -0.2) is 9.89 Å². The highest BCUT2D eigenvalue weighted by atomic mass is 35.5. The van der Waals surface area contributed by atoms with Crippen LogP contribution in [0, 0.1) is 5.92 Å². The lowest BCUT2D eigenvalue weighted by molar-refractivity contribution is 0.615. The molecule has 1 atom stereocenters. The first-order valence-electron chi connectivity index (χ1n) is 6.76. The molecule has 1 aliphatic rings. The molecule has 0 bridgehead atoms. The molecule has 0 spiro atoms. The first-order chi connectivity index (χ1) is 10.1. The molecule has 1 aliphatic carbocycles. The molecule has 2 aromatic rings. The van der Waals surface area contributed by atoms with E-state index in [2.05, 4.69) is 22.3 Å². The number of aromatic nitrogens is 3. The Balaban J connectivity index is 1.62. The molecule has 21 heavy (non-hydrogen) atoms. The molecule has 1 N–H and O–H groups in total. The van der Waals surface area contributed by atoms with Gasteiger partial charge < -0.3 is 0 Å². The van der Waals surface area contributed by atoms with Gasteiger partial charge in [0.2, 0.25) is 0 Å². The van der Waals surface area contributed by atoms with Crippen molar-refractivity contribution in [2.24, 2.45) is 5.92 Å². The Labute approximate surface area is 136 Å². The maximum atomic E-state index is 11.8. The molecule has 0 aliphatic heterocycles. The number of alkyl halides is 2. The SMILES string of the molecule is O=c1[nH]nc(SC[C@@H]2CC2(Cl)Cl)n1CCc1ccccc1. The first kappa shape index (κ1) is 15.0. The largest absolute Gasteiger partial charge is 0.343 e. The van der Waals surface area contributed by atoms with Crippen molar-refractivity contribution in [1.82, 2.24) is 14.8 Å². The van der Waals surface area contributed by atoms with E-state index in [-0.39, 0.29) is 11.6 Å². The molecule has 1 aromatic heterocycles. The van der Waals surface area contributed by atoms with Crippen molar-refractivity contribution >= 4 is 35.0 Å². The van der Waals surface area contributed by atoms with Crippen LogP contribution >= 0.6 is 35.0 Å². The van der Waals surface area contributed by atoms with Crippen molar-refractivity contribution in [2.75, 3.05) is 5.75 Å². The van der Waals surface area contributed by atoms with E-state index in [1.165, 1.54) is 17.3 Å². The number of thioether (sulfide) groups is 1. The highest BCUT2D eigenvalue weighted by molar-refractivity contribution is 7.99.